The van der Waals surface area contributed by atoms with Crippen LogP contribution in [-0.2, 0) is 0 Å². The molecule has 0 unspecified atom stereocenters. The van der Waals surface area contributed by atoms with Gasteiger partial charge in [-0.1, -0.05) is 49.3 Å². The van der Waals surface area contributed by atoms with Gasteiger partial charge in [-0.25, -0.2) is 0 Å². The lowest BCUT2D eigenvalue weighted by molar-refractivity contribution is 0.572. The minimum Gasteiger partial charge on any atom is -0.340 e. The third-order valence-electron chi connectivity index (χ3n) is 3.70. The van der Waals surface area contributed by atoms with E-state index in [4.69, 9.17) is 11.6 Å². The molecule has 2 aromatic carbocycles. The van der Waals surface area contributed by atoms with Crippen LogP contribution in [0.3, 0.4) is 0 Å². The van der Waals surface area contributed by atoms with E-state index >= 15 is 0 Å². The average Bonchev–Trinajstić information content (AvgIpc) is 2.50. The summed E-state index contributed by atoms with van der Waals surface area (Å²) in [6, 6.07) is 15.3. The van der Waals surface area contributed by atoms with Gasteiger partial charge in [-0.05, 0) is 43.3 Å². The number of hydrogen-bond acceptors (Lipinski definition) is 3. The van der Waals surface area contributed by atoms with Crippen molar-refractivity contribution in [3.05, 3.63) is 47.5 Å². The van der Waals surface area contributed by atoms with Crippen LogP contribution < -0.4 is 10.2 Å². The van der Waals surface area contributed by atoms with Crippen molar-refractivity contribution in [1.82, 2.24) is 5.32 Å². The second kappa shape index (κ2) is 6.95. The standard InChI is InChI=1S/C18H21ClN2S/c1-13(2)20-10-5-11-21-15-6-3-4-7-17(15)22-18-9-8-14(19)12-16(18)21/h3-4,6-9,12-13,20H,5,10-11H2,1-2H3. The fourth-order valence-electron chi connectivity index (χ4n) is 2.67. The van der Waals surface area contributed by atoms with Crippen molar-refractivity contribution in [2.75, 3.05) is 18.0 Å². The van der Waals surface area contributed by atoms with Crippen molar-refractivity contribution in [2.45, 2.75) is 36.1 Å². The summed E-state index contributed by atoms with van der Waals surface area (Å²) in [4.78, 5) is 4.99. The van der Waals surface area contributed by atoms with E-state index in [1.165, 1.54) is 21.2 Å². The lowest BCUT2D eigenvalue weighted by Gasteiger charge is -2.33. The van der Waals surface area contributed by atoms with Gasteiger partial charge in [0.05, 0.1) is 11.4 Å². The van der Waals surface area contributed by atoms with Crippen LogP contribution in [0.5, 0.6) is 0 Å². The molecule has 116 valence electrons. The molecule has 0 radical (unpaired) electrons. The molecule has 0 spiro atoms. The van der Waals surface area contributed by atoms with Gasteiger partial charge < -0.3 is 10.2 Å². The first-order valence-corrected chi connectivity index (χ1v) is 8.92. The summed E-state index contributed by atoms with van der Waals surface area (Å²) < 4.78 is 0. The molecule has 3 rings (SSSR count). The lowest BCUT2D eigenvalue weighted by atomic mass is 10.2. The highest BCUT2D eigenvalue weighted by Gasteiger charge is 2.22. The molecule has 22 heavy (non-hydrogen) atoms. The molecule has 1 N–H and O–H groups in total. The molecule has 0 atom stereocenters. The smallest absolute Gasteiger partial charge is 0.0567 e. The number of anilines is 2. The Labute approximate surface area is 141 Å². The highest BCUT2D eigenvalue weighted by molar-refractivity contribution is 7.99. The van der Waals surface area contributed by atoms with Crippen LogP contribution in [0.2, 0.25) is 5.02 Å². The number of nitrogens with one attached hydrogen (secondary N) is 1. The molecule has 0 aromatic heterocycles. The van der Waals surface area contributed by atoms with Gasteiger partial charge in [-0.3, -0.25) is 0 Å². The number of para-hydroxylation sites is 1. The SMILES string of the molecule is CC(C)NCCCN1c2ccccc2Sc2ccc(Cl)cc21. The van der Waals surface area contributed by atoms with Gasteiger partial charge in [0, 0.05) is 27.4 Å². The third-order valence-corrected chi connectivity index (χ3v) is 5.06. The van der Waals surface area contributed by atoms with Crippen molar-refractivity contribution in [1.29, 1.82) is 0 Å². The van der Waals surface area contributed by atoms with Crippen molar-refractivity contribution < 1.29 is 0 Å². The minimum absolute atomic E-state index is 0.533. The maximum absolute atomic E-state index is 6.22. The number of nitrogens with zero attached hydrogens (tertiary/aromatic N) is 1. The zero-order valence-electron chi connectivity index (χ0n) is 13.0. The van der Waals surface area contributed by atoms with Crippen molar-refractivity contribution in [3.8, 4) is 0 Å². The quantitative estimate of drug-likeness (QED) is 0.745. The van der Waals surface area contributed by atoms with Crippen LogP contribution in [0.4, 0.5) is 11.4 Å². The Morgan fingerprint density at radius 1 is 1.09 bits per heavy atom. The Bertz CT molecular complexity index is 657. The van der Waals surface area contributed by atoms with Crippen molar-refractivity contribution in [2.24, 2.45) is 0 Å². The van der Waals surface area contributed by atoms with Crippen LogP contribution >= 0.6 is 23.4 Å². The highest BCUT2D eigenvalue weighted by atomic mass is 35.5. The Kier molecular flexibility index (Phi) is 4.97. The molecule has 0 fully saturated rings. The van der Waals surface area contributed by atoms with E-state index in [1.807, 2.05) is 17.8 Å². The monoisotopic (exact) mass is 332 g/mol. The summed E-state index contributed by atoms with van der Waals surface area (Å²) in [5, 5.41) is 4.28. The maximum Gasteiger partial charge on any atom is 0.0567 e. The van der Waals surface area contributed by atoms with E-state index in [0.717, 1.165) is 24.5 Å². The first-order chi connectivity index (χ1) is 10.6. The van der Waals surface area contributed by atoms with Crippen LogP contribution in [0.15, 0.2) is 52.3 Å². The molecular formula is C18H21ClN2S. The zero-order chi connectivity index (χ0) is 15.5. The molecule has 0 saturated carbocycles. The van der Waals surface area contributed by atoms with Crippen LogP contribution in [0.1, 0.15) is 20.3 Å². The molecule has 4 heteroatoms. The molecule has 0 aliphatic carbocycles. The van der Waals surface area contributed by atoms with Gasteiger partial charge in [0.2, 0.25) is 0 Å². The summed E-state index contributed by atoms with van der Waals surface area (Å²) in [6.45, 7) is 6.38. The number of rotatable bonds is 5. The first-order valence-electron chi connectivity index (χ1n) is 7.72. The highest BCUT2D eigenvalue weighted by Crippen LogP contribution is 2.48. The van der Waals surface area contributed by atoms with Crippen LogP contribution in [0, 0.1) is 0 Å². The summed E-state index contributed by atoms with van der Waals surface area (Å²) in [5.74, 6) is 0. The number of benzene rings is 2. The molecule has 1 aliphatic rings. The Morgan fingerprint density at radius 3 is 2.68 bits per heavy atom. The molecule has 1 aliphatic heterocycles. The normalized spacial score (nSPS) is 13.2. The predicted octanol–water partition coefficient (Wildman–Crippen LogP) is 5.33. The Morgan fingerprint density at radius 2 is 1.86 bits per heavy atom. The van der Waals surface area contributed by atoms with Gasteiger partial charge >= 0.3 is 0 Å². The second-order valence-corrected chi connectivity index (χ2v) is 7.32. The van der Waals surface area contributed by atoms with E-state index in [2.05, 4.69) is 60.5 Å². The van der Waals surface area contributed by atoms with Gasteiger partial charge in [0.1, 0.15) is 0 Å². The van der Waals surface area contributed by atoms with Crippen molar-refractivity contribution in [3.63, 3.8) is 0 Å². The van der Waals surface area contributed by atoms with E-state index < -0.39 is 0 Å². The van der Waals surface area contributed by atoms with E-state index in [1.54, 1.807) is 0 Å². The average molecular weight is 333 g/mol. The molecule has 2 nitrogen and oxygen atoms in total. The third kappa shape index (κ3) is 3.43. The minimum atomic E-state index is 0.533. The maximum atomic E-state index is 6.22. The zero-order valence-corrected chi connectivity index (χ0v) is 14.5. The Hall–Kier alpha value is -1.16. The van der Waals surface area contributed by atoms with Crippen LogP contribution in [0.25, 0.3) is 0 Å². The molecule has 1 heterocycles. The fraction of sp³-hybridized carbons (Fsp3) is 0.333. The topological polar surface area (TPSA) is 15.3 Å². The summed E-state index contributed by atoms with van der Waals surface area (Å²) in [6.07, 6.45) is 1.10. The summed E-state index contributed by atoms with van der Waals surface area (Å²) >= 11 is 8.05. The molecule has 0 saturated heterocycles. The first kappa shape index (κ1) is 15.7. The van der Waals surface area contributed by atoms with Gasteiger partial charge in [-0.15, -0.1) is 0 Å². The number of hydrogen-bond donors (Lipinski definition) is 1. The van der Waals surface area contributed by atoms with E-state index in [0.29, 0.717) is 6.04 Å². The number of fused-ring (bicyclic) bond motifs is 2. The van der Waals surface area contributed by atoms with E-state index in [-0.39, 0.29) is 0 Å². The second-order valence-electron chi connectivity index (χ2n) is 5.80. The molecular weight excluding hydrogens is 312 g/mol. The molecule has 0 bridgehead atoms. The van der Waals surface area contributed by atoms with E-state index in [9.17, 15) is 0 Å². The van der Waals surface area contributed by atoms with Gasteiger partial charge in [-0.2, -0.15) is 0 Å². The molecule has 2 aromatic rings. The summed E-state index contributed by atoms with van der Waals surface area (Å²) in [7, 11) is 0. The Balaban J connectivity index is 1.85. The van der Waals surface area contributed by atoms with Gasteiger partial charge in [0.15, 0.2) is 0 Å². The van der Waals surface area contributed by atoms with Gasteiger partial charge in [0.25, 0.3) is 0 Å². The van der Waals surface area contributed by atoms with Crippen LogP contribution in [-0.4, -0.2) is 19.1 Å². The number of halogens is 1. The largest absolute Gasteiger partial charge is 0.340 e. The summed E-state index contributed by atoms with van der Waals surface area (Å²) in [5.41, 5.74) is 2.51. The predicted molar refractivity (Wildman–Crippen MR) is 96.8 cm³/mol. The van der Waals surface area contributed by atoms with Crippen molar-refractivity contribution >= 4 is 34.7 Å². The molecule has 0 amide bonds. The lowest BCUT2D eigenvalue weighted by Crippen LogP contribution is -2.28. The fourth-order valence-corrected chi connectivity index (χ4v) is 3.91.